The Morgan fingerprint density at radius 3 is 2.78 bits per heavy atom. The van der Waals surface area contributed by atoms with E-state index in [0.717, 1.165) is 28.0 Å². The molecule has 2 aromatic heterocycles. The van der Waals surface area contributed by atoms with Gasteiger partial charge in [-0.3, -0.25) is 0 Å². The van der Waals surface area contributed by atoms with Crippen molar-refractivity contribution >= 4 is 43.3 Å². The Morgan fingerprint density at radius 1 is 1.39 bits per heavy atom. The van der Waals surface area contributed by atoms with Gasteiger partial charge in [0.25, 0.3) is 10.0 Å². The third-order valence-electron chi connectivity index (χ3n) is 2.40. The molecule has 2 heterocycles. The molecule has 1 N–H and O–H groups in total. The van der Waals surface area contributed by atoms with Gasteiger partial charge in [0.15, 0.2) is 0 Å². The van der Waals surface area contributed by atoms with E-state index in [4.69, 9.17) is 4.42 Å². The first-order valence-electron chi connectivity index (χ1n) is 5.16. The predicted molar refractivity (Wildman–Crippen MR) is 69.1 cm³/mol. The molecule has 9 heteroatoms. The number of nitrogens with one attached hydrogen (secondary N) is 1. The fraction of sp³-hybridized carbons (Fsp3) is 0.333. The molecule has 1 aliphatic rings. The Labute approximate surface area is 116 Å². The summed E-state index contributed by atoms with van der Waals surface area (Å²) in [6, 6.07) is 3.10. The number of hydrogen-bond donors (Lipinski definition) is 1. The van der Waals surface area contributed by atoms with Crippen LogP contribution in [0, 0.1) is 0 Å². The lowest BCUT2D eigenvalue weighted by molar-refractivity contribution is 0.511. The lowest BCUT2D eigenvalue weighted by Gasteiger charge is -1.99. The van der Waals surface area contributed by atoms with Crippen LogP contribution in [0.15, 0.2) is 24.5 Å². The molecule has 0 aromatic carbocycles. The fourth-order valence-corrected chi connectivity index (χ4v) is 4.31. The molecule has 0 spiro atoms. The highest BCUT2D eigenvalue weighted by Gasteiger charge is 2.30. The summed E-state index contributed by atoms with van der Waals surface area (Å²) in [5.74, 6) is 0.798. The van der Waals surface area contributed by atoms with Gasteiger partial charge in [-0.05, 0) is 40.9 Å². The van der Waals surface area contributed by atoms with Crippen molar-refractivity contribution in [2.75, 3.05) is 4.72 Å². The lowest BCUT2D eigenvalue weighted by atomic mass is 10.4. The predicted octanol–water partition coefficient (Wildman–Crippen LogP) is 2.57. The standard InChI is InChI=1S/C9H8BrN3O3S2/c10-6-3-4-7(17-6)18(14,15)13-9-12-11-8(16-9)5-1-2-5/h3-5H,1-2H2,(H,12,13). The van der Waals surface area contributed by atoms with Crippen LogP contribution in [0.25, 0.3) is 0 Å². The van der Waals surface area contributed by atoms with Gasteiger partial charge in [0.1, 0.15) is 4.21 Å². The van der Waals surface area contributed by atoms with Crippen molar-refractivity contribution in [1.82, 2.24) is 10.2 Å². The van der Waals surface area contributed by atoms with Crippen LogP contribution in [-0.4, -0.2) is 18.6 Å². The second kappa shape index (κ2) is 4.32. The fourth-order valence-electron chi connectivity index (χ4n) is 1.38. The molecule has 3 rings (SSSR count). The second-order valence-electron chi connectivity index (χ2n) is 3.88. The Bertz CT molecular complexity index is 675. The summed E-state index contributed by atoms with van der Waals surface area (Å²) < 4.78 is 32.4. The summed E-state index contributed by atoms with van der Waals surface area (Å²) in [5.41, 5.74) is 0. The molecule has 2 aromatic rings. The first-order valence-corrected chi connectivity index (χ1v) is 8.25. The number of thiophene rings is 1. The van der Waals surface area contributed by atoms with E-state index in [9.17, 15) is 8.42 Å². The van der Waals surface area contributed by atoms with Crippen molar-refractivity contribution < 1.29 is 12.8 Å². The van der Waals surface area contributed by atoms with E-state index in [1.807, 2.05) is 0 Å². The summed E-state index contributed by atoms with van der Waals surface area (Å²) in [5, 5.41) is 7.49. The van der Waals surface area contributed by atoms with E-state index in [0.29, 0.717) is 11.8 Å². The van der Waals surface area contributed by atoms with Gasteiger partial charge in [0, 0.05) is 5.92 Å². The highest BCUT2D eigenvalue weighted by atomic mass is 79.9. The molecule has 0 unspecified atom stereocenters. The number of hydrogen-bond acceptors (Lipinski definition) is 6. The maximum atomic E-state index is 12.0. The van der Waals surface area contributed by atoms with Gasteiger partial charge in [-0.2, -0.15) is 0 Å². The first kappa shape index (κ1) is 12.1. The topological polar surface area (TPSA) is 85.1 Å². The van der Waals surface area contributed by atoms with E-state index in [-0.39, 0.29) is 10.2 Å². The third-order valence-corrected chi connectivity index (χ3v) is 5.84. The summed E-state index contributed by atoms with van der Waals surface area (Å²) in [6.45, 7) is 0. The highest BCUT2D eigenvalue weighted by molar-refractivity contribution is 9.11. The number of sulfonamides is 1. The molecular weight excluding hydrogens is 342 g/mol. The van der Waals surface area contributed by atoms with Crippen molar-refractivity contribution in [1.29, 1.82) is 0 Å². The first-order chi connectivity index (χ1) is 8.54. The highest BCUT2D eigenvalue weighted by Crippen LogP contribution is 2.39. The molecule has 1 fully saturated rings. The molecular formula is C9H8BrN3O3S2. The van der Waals surface area contributed by atoms with Gasteiger partial charge in [-0.25, -0.2) is 13.1 Å². The van der Waals surface area contributed by atoms with Crippen LogP contribution in [0.3, 0.4) is 0 Å². The Morgan fingerprint density at radius 2 is 2.17 bits per heavy atom. The van der Waals surface area contributed by atoms with Crippen LogP contribution in [0.1, 0.15) is 24.7 Å². The minimum absolute atomic E-state index is 0.0820. The average molecular weight is 350 g/mol. The van der Waals surface area contributed by atoms with Crippen LogP contribution in [-0.2, 0) is 10.0 Å². The lowest BCUT2D eigenvalue weighted by Crippen LogP contribution is -2.11. The van der Waals surface area contributed by atoms with Gasteiger partial charge in [0.2, 0.25) is 5.89 Å². The summed E-state index contributed by atoms with van der Waals surface area (Å²) in [4.78, 5) is 0. The maximum Gasteiger partial charge on any atom is 0.329 e. The Balaban J connectivity index is 1.81. The number of rotatable bonds is 4. The smallest absolute Gasteiger partial charge is 0.329 e. The number of halogens is 1. The molecule has 0 bridgehead atoms. The van der Waals surface area contributed by atoms with E-state index in [2.05, 4.69) is 30.8 Å². The van der Waals surface area contributed by atoms with Gasteiger partial charge < -0.3 is 4.42 Å². The van der Waals surface area contributed by atoms with E-state index >= 15 is 0 Å². The summed E-state index contributed by atoms with van der Waals surface area (Å²) >= 11 is 4.33. The zero-order valence-electron chi connectivity index (χ0n) is 8.96. The maximum absolute atomic E-state index is 12.0. The quantitative estimate of drug-likeness (QED) is 0.916. The Kier molecular flexibility index (Phi) is 2.91. The molecule has 0 saturated heterocycles. The van der Waals surface area contributed by atoms with E-state index in [1.54, 1.807) is 6.07 Å². The van der Waals surface area contributed by atoms with Crippen LogP contribution >= 0.6 is 27.3 Å². The van der Waals surface area contributed by atoms with Crippen molar-refractivity contribution in [2.24, 2.45) is 0 Å². The van der Waals surface area contributed by atoms with Gasteiger partial charge in [-0.1, -0.05) is 5.10 Å². The van der Waals surface area contributed by atoms with Gasteiger partial charge in [-0.15, -0.1) is 16.4 Å². The van der Waals surface area contributed by atoms with Crippen molar-refractivity contribution in [3.63, 3.8) is 0 Å². The number of anilines is 1. The zero-order chi connectivity index (χ0) is 12.8. The van der Waals surface area contributed by atoms with E-state index < -0.39 is 10.0 Å². The van der Waals surface area contributed by atoms with Crippen molar-refractivity contribution in [2.45, 2.75) is 23.0 Å². The minimum atomic E-state index is -3.64. The van der Waals surface area contributed by atoms with Crippen LogP contribution in [0.5, 0.6) is 0 Å². The molecule has 0 atom stereocenters. The molecule has 0 aliphatic heterocycles. The number of nitrogens with zero attached hydrogens (tertiary/aromatic N) is 2. The van der Waals surface area contributed by atoms with Crippen LogP contribution in [0.2, 0.25) is 0 Å². The summed E-state index contributed by atoms with van der Waals surface area (Å²) in [6.07, 6.45) is 2.04. The van der Waals surface area contributed by atoms with Crippen LogP contribution < -0.4 is 4.72 Å². The SMILES string of the molecule is O=S(=O)(Nc1nnc(C2CC2)o1)c1ccc(Br)s1. The monoisotopic (exact) mass is 349 g/mol. The molecule has 18 heavy (non-hydrogen) atoms. The van der Waals surface area contributed by atoms with Crippen LogP contribution in [0.4, 0.5) is 6.01 Å². The molecule has 1 saturated carbocycles. The molecule has 6 nitrogen and oxygen atoms in total. The Hall–Kier alpha value is -0.930. The van der Waals surface area contributed by atoms with Crippen molar-refractivity contribution in [3.8, 4) is 0 Å². The molecule has 96 valence electrons. The second-order valence-corrected chi connectivity index (χ2v) is 8.26. The minimum Gasteiger partial charge on any atom is -0.407 e. The normalized spacial score (nSPS) is 15.8. The summed E-state index contributed by atoms with van der Waals surface area (Å²) in [7, 11) is -3.64. The van der Waals surface area contributed by atoms with Gasteiger partial charge >= 0.3 is 6.01 Å². The molecule has 0 amide bonds. The van der Waals surface area contributed by atoms with Crippen molar-refractivity contribution in [3.05, 3.63) is 21.8 Å². The number of aromatic nitrogens is 2. The largest absolute Gasteiger partial charge is 0.407 e. The average Bonchev–Trinajstić information content (AvgIpc) is 2.89. The van der Waals surface area contributed by atoms with E-state index in [1.165, 1.54) is 6.07 Å². The third kappa shape index (κ3) is 2.43. The molecule has 0 radical (unpaired) electrons. The molecule has 1 aliphatic carbocycles. The van der Waals surface area contributed by atoms with Gasteiger partial charge in [0.05, 0.1) is 3.79 Å². The zero-order valence-corrected chi connectivity index (χ0v) is 12.2.